The smallest absolute Gasteiger partial charge is 0.341 e. The zero-order valence-corrected chi connectivity index (χ0v) is 15.5. The molecule has 0 atom stereocenters. The van der Waals surface area contributed by atoms with Gasteiger partial charge in [0.2, 0.25) is 0 Å². The Hall–Kier alpha value is -2.80. The maximum Gasteiger partial charge on any atom is 0.341 e. The van der Waals surface area contributed by atoms with Crippen LogP contribution in [0.4, 0.5) is 0 Å². The minimum Gasteiger partial charge on any atom is -0.465 e. The lowest BCUT2D eigenvalue weighted by Crippen LogP contribution is -2.01. The van der Waals surface area contributed by atoms with E-state index >= 15 is 0 Å². The van der Waals surface area contributed by atoms with Crippen molar-refractivity contribution < 1.29 is 13.9 Å². The predicted molar refractivity (Wildman–Crippen MR) is 100 cm³/mol. The first kappa shape index (κ1) is 18.0. The van der Waals surface area contributed by atoms with Gasteiger partial charge < -0.3 is 9.15 Å². The minimum atomic E-state index is -0.399. The van der Waals surface area contributed by atoms with Crippen molar-refractivity contribution in [2.75, 3.05) is 7.11 Å². The molecule has 3 rings (SSSR count). The predicted octanol–water partition coefficient (Wildman–Crippen LogP) is 4.11. The molecule has 0 saturated carbocycles. The number of allylic oxidation sites excluding steroid dienone is 1. The summed E-state index contributed by atoms with van der Waals surface area (Å²) in [5, 5.41) is 9.38. The summed E-state index contributed by atoms with van der Waals surface area (Å²) < 4.78 is 12.4. The van der Waals surface area contributed by atoms with E-state index in [0.717, 1.165) is 16.5 Å². The molecule has 0 amide bonds. The molecule has 134 valence electrons. The van der Waals surface area contributed by atoms with Gasteiger partial charge in [-0.2, -0.15) is 0 Å². The number of aromatic nitrogens is 3. The van der Waals surface area contributed by atoms with E-state index in [4.69, 9.17) is 9.15 Å². The van der Waals surface area contributed by atoms with Crippen LogP contribution in [0, 0.1) is 6.92 Å². The second-order valence-electron chi connectivity index (χ2n) is 5.53. The molecule has 2 aromatic heterocycles. The van der Waals surface area contributed by atoms with Gasteiger partial charge in [-0.1, -0.05) is 48.2 Å². The van der Waals surface area contributed by atoms with Gasteiger partial charge >= 0.3 is 5.97 Å². The van der Waals surface area contributed by atoms with Gasteiger partial charge in [0, 0.05) is 12.1 Å². The highest BCUT2D eigenvalue weighted by Gasteiger charge is 2.17. The number of thioether (sulfide) groups is 1. The zero-order valence-electron chi connectivity index (χ0n) is 14.6. The monoisotopic (exact) mass is 369 g/mol. The second kappa shape index (κ2) is 8.05. The molecule has 0 aliphatic rings. The van der Waals surface area contributed by atoms with Gasteiger partial charge in [-0.3, -0.25) is 4.57 Å². The molecule has 0 aliphatic heterocycles. The number of esters is 1. The lowest BCUT2D eigenvalue weighted by molar-refractivity contribution is 0.0599. The molecule has 0 bridgehead atoms. The van der Waals surface area contributed by atoms with Crippen LogP contribution < -0.4 is 0 Å². The molecule has 0 saturated heterocycles. The third-order valence-electron chi connectivity index (χ3n) is 3.78. The van der Waals surface area contributed by atoms with E-state index in [1.165, 1.54) is 18.9 Å². The number of furan rings is 1. The molecule has 2 heterocycles. The van der Waals surface area contributed by atoms with Crippen LogP contribution in [0.15, 0.2) is 58.6 Å². The van der Waals surface area contributed by atoms with Crippen molar-refractivity contribution in [3.05, 3.63) is 66.1 Å². The van der Waals surface area contributed by atoms with Gasteiger partial charge in [0.15, 0.2) is 11.0 Å². The van der Waals surface area contributed by atoms with Crippen molar-refractivity contribution in [3.8, 4) is 11.4 Å². The molecule has 0 spiro atoms. The number of methoxy groups -OCH3 is 1. The summed E-state index contributed by atoms with van der Waals surface area (Å²) >= 11 is 1.49. The SMILES string of the molecule is C=CCn1c(SCc2cc(C(=O)OC)c(C)o2)nnc1-c1ccccc1. The maximum atomic E-state index is 11.7. The van der Waals surface area contributed by atoms with Gasteiger partial charge in [0.1, 0.15) is 17.1 Å². The Balaban J connectivity index is 1.81. The number of nitrogens with zero attached hydrogens (tertiary/aromatic N) is 3. The summed E-state index contributed by atoms with van der Waals surface area (Å²) in [4.78, 5) is 11.7. The lowest BCUT2D eigenvalue weighted by atomic mass is 10.2. The van der Waals surface area contributed by atoms with Gasteiger partial charge in [-0.05, 0) is 13.0 Å². The highest BCUT2D eigenvalue weighted by atomic mass is 32.2. The minimum absolute atomic E-state index is 0.399. The second-order valence-corrected chi connectivity index (χ2v) is 6.48. The maximum absolute atomic E-state index is 11.7. The number of hydrogen-bond donors (Lipinski definition) is 0. The summed E-state index contributed by atoms with van der Waals surface area (Å²) in [6.45, 7) is 6.16. The van der Waals surface area contributed by atoms with Crippen molar-refractivity contribution in [3.63, 3.8) is 0 Å². The number of benzene rings is 1. The quantitative estimate of drug-likeness (QED) is 0.355. The van der Waals surface area contributed by atoms with Gasteiger partial charge in [-0.25, -0.2) is 4.79 Å². The molecular formula is C19H19N3O3S. The van der Waals surface area contributed by atoms with E-state index in [0.29, 0.717) is 29.4 Å². The third kappa shape index (κ3) is 3.72. The summed E-state index contributed by atoms with van der Waals surface area (Å²) in [7, 11) is 1.35. The zero-order chi connectivity index (χ0) is 18.5. The van der Waals surface area contributed by atoms with E-state index in [1.807, 2.05) is 41.0 Å². The fourth-order valence-corrected chi connectivity index (χ4v) is 3.38. The van der Waals surface area contributed by atoms with Crippen LogP contribution in [0.25, 0.3) is 11.4 Å². The Labute approximate surface area is 155 Å². The fraction of sp³-hybridized carbons (Fsp3) is 0.211. The number of carbonyl (C=O) groups excluding carboxylic acids is 1. The van der Waals surface area contributed by atoms with Crippen LogP contribution in [0.1, 0.15) is 21.9 Å². The summed E-state index contributed by atoms with van der Waals surface area (Å²) in [6, 6.07) is 11.6. The average Bonchev–Trinajstić information content (AvgIpc) is 3.24. The molecule has 7 heteroatoms. The molecule has 0 N–H and O–H groups in total. The van der Waals surface area contributed by atoms with Crippen molar-refractivity contribution in [2.24, 2.45) is 0 Å². The third-order valence-corrected chi connectivity index (χ3v) is 4.77. The number of hydrogen-bond acceptors (Lipinski definition) is 6. The first-order valence-electron chi connectivity index (χ1n) is 8.04. The van der Waals surface area contributed by atoms with Gasteiger partial charge in [0.25, 0.3) is 0 Å². The van der Waals surface area contributed by atoms with E-state index in [-0.39, 0.29) is 0 Å². The molecule has 0 radical (unpaired) electrons. The van der Waals surface area contributed by atoms with Crippen LogP contribution in [-0.2, 0) is 17.0 Å². The summed E-state index contributed by atoms with van der Waals surface area (Å²) in [5.41, 5.74) is 1.44. The van der Waals surface area contributed by atoms with E-state index in [1.54, 1.807) is 13.0 Å². The fourth-order valence-electron chi connectivity index (χ4n) is 2.55. The van der Waals surface area contributed by atoms with Crippen LogP contribution in [-0.4, -0.2) is 27.8 Å². The number of rotatable bonds is 7. The molecule has 26 heavy (non-hydrogen) atoms. The first-order chi connectivity index (χ1) is 12.6. The Bertz CT molecular complexity index is 916. The van der Waals surface area contributed by atoms with Crippen molar-refractivity contribution in [1.29, 1.82) is 0 Å². The van der Waals surface area contributed by atoms with Crippen LogP contribution in [0.3, 0.4) is 0 Å². The van der Waals surface area contributed by atoms with E-state index in [9.17, 15) is 4.79 Å². The largest absolute Gasteiger partial charge is 0.465 e. The summed E-state index contributed by atoms with van der Waals surface area (Å²) in [5.74, 6) is 2.15. The topological polar surface area (TPSA) is 70.2 Å². The standard InChI is InChI=1S/C19H19N3O3S/c1-4-10-22-17(14-8-6-5-7-9-14)20-21-19(22)26-12-15-11-16(13(2)25-15)18(23)24-3/h4-9,11H,1,10,12H2,2-3H3. The van der Waals surface area contributed by atoms with Crippen molar-refractivity contribution in [1.82, 2.24) is 14.8 Å². The molecule has 0 unspecified atom stereocenters. The summed E-state index contributed by atoms with van der Waals surface area (Å²) in [6.07, 6.45) is 1.81. The van der Waals surface area contributed by atoms with E-state index in [2.05, 4.69) is 16.8 Å². The Morgan fingerprint density at radius 2 is 2.12 bits per heavy atom. The normalized spacial score (nSPS) is 10.7. The Morgan fingerprint density at radius 3 is 2.81 bits per heavy atom. The number of aryl methyl sites for hydroxylation is 1. The van der Waals surface area contributed by atoms with Crippen LogP contribution in [0.2, 0.25) is 0 Å². The van der Waals surface area contributed by atoms with E-state index < -0.39 is 5.97 Å². The molecule has 0 fully saturated rings. The van der Waals surface area contributed by atoms with Crippen molar-refractivity contribution in [2.45, 2.75) is 24.4 Å². The average molecular weight is 369 g/mol. The Kier molecular flexibility index (Phi) is 5.58. The van der Waals surface area contributed by atoms with Crippen molar-refractivity contribution >= 4 is 17.7 Å². The van der Waals surface area contributed by atoms with Crippen LogP contribution >= 0.6 is 11.8 Å². The molecule has 6 nitrogen and oxygen atoms in total. The molecule has 1 aromatic carbocycles. The number of carbonyl (C=O) groups is 1. The number of ether oxygens (including phenoxy) is 1. The lowest BCUT2D eigenvalue weighted by Gasteiger charge is -2.07. The molecule has 0 aliphatic carbocycles. The molecular weight excluding hydrogens is 350 g/mol. The first-order valence-corrected chi connectivity index (χ1v) is 9.02. The molecule has 3 aromatic rings. The van der Waals surface area contributed by atoms with Gasteiger partial charge in [-0.15, -0.1) is 16.8 Å². The Morgan fingerprint density at radius 1 is 1.35 bits per heavy atom. The highest BCUT2D eigenvalue weighted by molar-refractivity contribution is 7.98. The van der Waals surface area contributed by atoms with Gasteiger partial charge in [0.05, 0.1) is 12.9 Å². The van der Waals surface area contributed by atoms with Crippen LogP contribution in [0.5, 0.6) is 0 Å². The highest BCUT2D eigenvalue weighted by Crippen LogP contribution is 2.28.